The highest BCUT2D eigenvalue weighted by molar-refractivity contribution is 5.95. The van der Waals surface area contributed by atoms with Crippen molar-refractivity contribution in [2.45, 2.75) is 26.3 Å². The standard InChI is InChI=1S/C20H24N6O3/c1-3-28-16-6-5-14(11-17(16)29-4-2)20(27)23-15-7-9-25(12-15)18-19-24-22-13-26(19)10-8-21-18/h5-6,8,10-11,13,15H,3-4,7,9,12H2,1-2H3,(H,23,27). The number of fused-ring (bicyclic) bond motifs is 1. The number of benzene rings is 1. The van der Waals surface area contributed by atoms with Crippen LogP contribution in [0.4, 0.5) is 5.82 Å². The van der Waals surface area contributed by atoms with Crippen molar-refractivity contribution in [3.8, 4) is 11.5 Å². The minimum Gasteiger partial charge on any atom is -0.490 e. The van der Waals surface area contributed by atoms with Gasteiger partial charge in [-0.15, -0.1) is 10.2 Å². The van der Waals surface area contributed by atoms with Crippen molar-refractivity contribution in [3.63, 3.8) is 0 Å². The van der Waals surface area contributed by atoms with Gasteiger partial charge in [-0.1, -0.05) is 0 Å². The van der Waals surface area contributed by atoms with Crippen LogP contribution in [0.15, 0.2) is 36.9 Å². The summed E-state index contributed by atoms with van der Waals surface area (Å²) in [4.78, 5) is 19.3. The molecule has 4 rings (SSSR count). The Bertz CT molecular complexity index is 1000. The van der Waals surface area contributed by atoms with Gasteiger partial charge in [-0.3, -0.25) is 9.20 Å². The van der Waals surface area contributed by atoms with Crippen molar-refractivity contribution >= 4 is 17.4 Å². The van der Waals surface area contributed by atoms with Gasteiger partial charge in [0.25, 0.3) is 5.91 Å². The van der Waals surface area contributed by atoms with E-state index < -0.39 is 0 Å². The first-order chi connectivity index (χ1) is 14.2. The van der Waals surface area contributed by atoms with Crippen LogP contribution in [-0.2, 0) is 0 Å². The number of carbonyl (C=O) groups excluding carboxylic acids is 1. The molecule has 0 aliphatic carbocycles. The molecule has 1 saturated heterocycles. The van der Waals surface area contributed by atoms with Crippen molar-refractivity contribution < 1.29 is 14.3 Å². The van der Waals surface area contributed by atoms with Crippen molar-refractivity contribution in [1.82, 2.24) is 24.9 Å². The summed E-state index contributed by atoms with van der Waals surface area (Å²) in [5.74, 6) is 1.87. The largest absolute Gasteiger partial charge is 0.490 e. The Labute approximate surface area is 168 Å². The topological polar surface area (TPSA) is 93.9 Å². The van der Waals surface area contributed by atoms with Crippen LogP contribution >= 0.6 is 0 Å². The van der Waals surface area contributed by atoms with Crippen LogP contribution in [-0.4, -0.2) is 57.8 Å². The fourth-order valence-electron chi connectivity index (χ4n) is 3.50. The summed E-state index contributed by atoms with van der Waals surface area (Å²) in [7, 11) is 0. The number of aromatic nitrogens is 4. The third kappa shape index (κ3) is 3.94. The molecule has 1 aromatic carbocycles. The first kappa shape index (κ1) is 19.0. The quantitative estimate of drug-likeness (QED) is 0.652. The number of amides is 1. The van der Waals surface area contributed by atoms with Crippen molar-refractivity contribution in [2.24, 2.45) is 0 Å². The van der Waals surface area contributed by atoms with E-state index >= 15 is 0 Å². The summed E-state index contributed by atoms with van der Waals surface area (Å²) < 4.78 is 13.0. The summed E-state index contributed by atoms with van der Waals surface area (Å²) in [5.41, 5.74) is 1.26. The number of anilines is 1. The lowest BCUT2D eigenvalue weighted by Gasteiger charge is -2.18. The van der Waals surface area contributed by atoms with Gasteiger partial charge >= 0.3 is 0 Å². The number of hydrogen-bond donors (Lipinski definition) is 1. The Balaban J connectivity index is 1.44. The number of rotatable bonds is 7. The Morgan fingerprint density at radius 1 is 1.24 bits per heavy atom. The summed E-state index contributed by atoms with van der Waals surface area (Å²) >= 11 is 0. The summed E-state index contributed by atoms with van der Waals surface area (Å²) in [5, 5.41) is 11.2. The number of carbonyl (C=O) groups is 1. The number of nitrogens with one attached hydrogen (secondary N) is 1. The van der Waals surface area contributed by atoms with Gasteiger partial charge in [0, 0.05) is 37.1 Å². The van der Waals surface area contributed by atoms with Gasteiger partial charge in [-0.25, -0.2) is 4.98 Å². The van der Waals surface area contributed by atoms with E-state index in [0.717, 1.165) is 18.8 Å². The van der Waals surface area contributed by atoms with Crippen LogP contribution < -0.4 is 19.7 Å². The van der Waals surface area contributed by atoms with Crippen LogP contribution in [0.2, 0.25) is 0 Å². The molecular weight excluding hydrogens is 372 g/mol. The summed E-state index contributed by atoms with van der Waals surface area (Å²) in [6.07, 6.45) is 6.03. The minimum atomic E-state index is -0.130. The van der Waals surface area contributed by atoms with Gasteiger partial charge in [-0.05, 0) is 38.5 Å². The fourth-order valence-corrected chi connectivity index (χ4v) is 3.50. The van der Waals surface area contributed by atoms with E-state index in [9.17, 15) is 4.79 Å². The summed E-state index contributed by atoms with van der Waals surface area (Å²) in [6, 6.07) is 5.29. The molecule has 1 unspecified atom stereocenters. The highest BCUT2D eigenvalue weighted by atomic mass is 16.5. The second kappa shape index (κ2) is 8.34. The van der Waals surface area contributed by atoms with Gasteiger partial charge in [0.1, 0.15) is 6.33 Å². The maximum absolute atomic E-state index is 12.8. The third-order valence-corrected chi connectivity index (χ3v) is 4.83. The SMILES string of the molecule is CCOc1ccc(C(=O)NC2CCN(c3nccn4cnnc34)C2)cc1OCC. The zero-order valence-corrected chi connectivity index (χ0v) is 16.5. The van der Waals surface area contributed by atoms with E-state index in [1.54, 1.807) is 30.7 Å². The molecule has 9 nitrogen and oxygen atoms in total. The number of hydrogen-bond acceptors (Lipinski definition) is 7. The maximum atomic E-state index is 12.8. The molecule has 1 amide bonds. The highest BCUT2D eigenvalue weighted by Crippen LogP contribution is 2.29. The lowest BCUT2D eigenvalue weighted by atomic mass is 10.1. The lowest BCUT2D eigenvalue weighted by Crippen LogP contribution is -2.37. The maximum Gasteiger partial charge on any atom is 0.251 e. The van der Waals surface area contributed by atoms with Crippen LogP contribution in [0.25, 0.3) is 5.65 Å². The van der Waals surface area contributed by atoms with Gasteiger partial charge in [0.15, 0.2) is 17.3 Å². The van der Waals surface area contributed by atoms with Crippen molar-refractivity contribution in [2.75, 3.05) is 31.2 Å². The van der Waals surface area contributed by atoms with Crippen LogP contribution in [0.1, 0.15) is 30.6 Å². The smallest absolute Gasteiger partial charge is 0.251 e. The zero-order valence-electron chi connectivity index (χ0n) is 16.5. The molecule has 1 fully saturated rings. The predicted molar refractivity (Wildman–Crippen MR) is 108 cm³/mol. The molecule has 1 aliphatic rings. The Hall–Kier alpha value is -3.36. The molecule has 1 N–H and O–H groups in total. The molecule has 9 heteroatoms. The normalized spacial score (nSPS) is 16.2. The molecule has 0 saturated carbocycles. The average molecular weight is 396 g/mol. The molecule has 1 aliphatic heterocycles. The lowest BCUT2D eigenvalue weighted by molar-refractivity contribution is 0.0940. The molecule has 3 aromatic rings. The van der Waals surface area contributed by atoms with Gasteiger partial charge in [0.2, 0.25) is 5.65 Å². The molecule has 152 valence electrons. The number of nitrogens with zero attached hydrogens (tertiary/aromatic N) is 5. The fraction of sp³-hybridized carbons (Fsp3) is 0.400. The monoisotopic (exact) mass is 396 g/mol. The Morgan fingerprint density at radius 3 is 2.90 bits per heavy atom. The molecule has 0 spiro atoms. The van der Waals surface area contributed by atoms with E-state index in [-0.39, 0.29) is 11.9 Å². The first-order valence-electron chi connectivity index (χ1n) is 9.79. The van der Waals surface area contributed by atoms with Crippen molar-refractivity contribution in [3.05, 3.63) is 42.5 Å². The second-order valence-electron chi connectivity index (χ2n) is 6.75. The van der Waals surface area contributed by atoms with E-state index in [1.165, 1.54) is 0 Å². The Morgan fingerprint density at radius 2 is 2.07 bits per heavy atom. The molecule has 29 heavy (non-hydrogen) atoms. The summed E-state index contributed by atoms with van der Waals surface area (Å²) in [6.45, 7) is 6.31. The molecule has 1 atom stereocenters. The van der Waals surface area contributed by atoms with E-state index in [1.807, 2.05) is 24.4 Å². The third-order valence-electron chi connectivity index (χ3n) is 4.83. The molecule has 0 bridgehead atoms. The number of ether oxygens (including phenoxy) is 2. The van der Waals surface area contributed by atoms with E-state index in [4.69, 9.17) is 9.47 Å². The van der Waals surface area contributed by atoms with Gasteiger partial charge in [0.05, 0.1) is 13.2 Å². The Kier molecular flexibility index (Phi) is 5.46. The molecule has 2 aromatic heterocycles. The highest BCUT2D eigenvalue weighted by Gasteiger charge is 2.27. The second-order valence-corrected chi connectivity index (χ2v) is 6.75. The average Bonchev–Trinajstić information content (AvgIpc) is 3.38. The van der Waals surface area contributed by atoms with E-state index in [0.29, 0.717) is 42.5 Å². The minimum absolute atomic E-state index is 0.0228. The molecular formula is C20H24N6O3. The van der Waals surface area contributed by atoms with Crippen molar-refractivity contribution in [1.29, 1.82) is 0 Å². The first-order valence-corrected chi connectivity index (χ1v) is 9.79. The van der Waals surface area contributed by atoms with E-state index in [2.05, 4.69) is 25.4 Å². The predicted octanol–water partition coefficient (Wildman–Crippen LogP) is 1.93. The van der Waals surface area contributed by atoms with Gasteiger partial charge in [-0.2, -0.15) is 0 Å². The molecule has 0 radical (unpaired) electrons. The molecule has 3 heterocycles. The zero-order chi connectivity index (χ0) is 20.2. The van der Waals surface area contributed by atoms with Crippen LogP contribution in [0.5, 0.6) is 11.5 Å². The van der Waals surface area contributed by atoms with Crippen LogP contribution in [0, 0.1) is 0 Å². The van der Waals surface area contributed by atoms with Crippen LogP contribution in [0.3, 0.4) is 0 Å². The van der Waals surface area contributed by atoms with Gasteiger partial charge < -0.3 is 19.7 Å².